The van der Waals surface area contributed by atoms with Crippen LogP contribution in [0.4, 0.5) is 0 Å². The molecule has 2 aromatic carbocycles. The van der Waals surface area contributed by atoms with Crippen LogP contribution in [0.3, 0.4) is 0 Å². The number of carbonyl (C=O) groups is 1. The molecule has 0 radical (unpaired) electrons. The number of carbonyl (C=O) groups excluding carboxylic acids is 1. The van der Waals surface area contributed by atoms with Crippen molar-refractivity contribution in [3.63, 3.8) is 0 Å². The number of pyridine rings is 1. The molecule has 0 bridgehead atoms. The second-order valence-corrected chi connectivity index (χ2v) is 5.79. The third kappa shape index (κ3) is 3.69. The van der Waals surface area contributed by atoms with E-state index in [9.17, 15) is 9.59 Å². The smallest absolute Gasteiger partial charge is 0.251 e. The van der Waals surface area contributed by atoms with Crippen molar-refractivity contribution < 1.29 is 14.3 Å². The number of aromatic nitrogens is 1. The Morgan fingerprint density at radius 3 is 2.54 bits per heavy atom. The van der Waals surface area contributed by atoms with Gasteiger partial charge in [0.15, 0.2) is 0 Å². The summed E-state index contributed by atoms with van der Waals surface area (Å²) in [4.78, 5) is 27.3. The Labute approximate surface area is 150 Å². The first-order valence-corrected chi connectivity index (χ1v) is 8.23. The molecule has 0 aliphatic heterocycles. The number of methoxy groups -OCH3 is 2. The van der Waals surface area contributed by atoms with Gasteiger partial charge in [-0.25, -0.2) is 0 Å². The molecule has 134 valence electrons. The number of ether oxygens (including phenoxy) is 2. The van der Waals surface area contributed by atoms with Gasteiger partial charge in [-0.15, -0.1) is 0 Å². The van der Waals surface area contributed by atoms with Gasteiger partial charge in [-0.05, 0) is 30.7 Å². The maximum atomic E-state index is 12.3. The van der Waals surface area contributed by atoms with E-state index in [1.807, 2.05) is 24.3 Å². The van der Waals surface area contributed by atoms with Crippen LogP contribution in [-0.2, 0) is 6.42 Å². The highest BCUT2D eigenvalue weighted by atomic mass is 16.5. The van der Waals surface area contributed by atoms with Crippen molar-refractivity contribution in [1.82, 2.24) is 10.3 Å². The average molecular weight is 352 g/mol. The van der Waals surface area contributed by atoms with Crippen molar-refractivity contribution in [1.29, 1.82) is 0 Å². The number of fused-ring (bicyclic) bond motifs is 1. The molecule has 3 rings (SSSR count). The Morgan fingerprint density at radius 2 is 1.85 bits per heavy atom. The third-order valence-electron chi connectivity index (χ3n) is 4.14. The molecule has 26 heavy (non-hydrogen) atoms. The number of nitrogens with one attached hydrogen (secondary N) is 2. The second kappa shape index (κ2) is 7.74. The van der Waals surface area contributed by atoms with Crippen LogP contribution in [-0.4, -0.2) is 31.7 Å². The Hall–Kier alpha value is -3.28. The minimum Gasteiger partial charge on any atom is -0.497 e. The first-order valence-electron chi connectivity index (χ1n) is 8.23. The summed E-state index contributed by atoms with van der Waals surface area (Å²) in [7, 11) is 3.12. The van der Waals surface area contributed by atoms with Gasteiger partial charge in [0, 0.05) is 29.1 Å². The summed E-state index contributed by atoms with van der Waals surface area (Å²) in [6.45, 7) is 0.365. The molecule has 1 aromatic heterocycles. The number of benzene rings is 2. The van der Waals surface area contributed by atoms with E-state index in [2.05, 4.69) is 10.3 Å². The molecular weight excluding hydrogens is 332 g/mol. The van der Waals surface area contributed by atoms with E-state index in [1.54, 1.807) is 38.5 Å². The van der Waals surface area contributed by atoms with Crippen LogP contribution in [0.15, 0.2) is 53.3 Å². The fourth-order valence-electron chi connectivity index (χ4n) is 2.77. The van der Waals surface area contributed by atoms with E-state index in [0.29, 0.717) is 41.1 Å². The minimum atomic E-state index is -0.199. The largest absolute Gasteiger partial charge is 0.497 e. The Balaban J connectivity index is 1.79. The fourth-order valence-corrected chi connectivity index (χ4v) is 2.77. The summed E-state index contributed by atoms with van der Waals surface area (Å²) >= 11 is 0. The zero-order chi connectivity index (χ0) is 18.5. The van der Waals surface area contributed by atoms with E-state index in [0.717, 1.165) is 5.39 Å². The topological polar surface area (TPSA) is 80.4 Å². The standard InChI is InChI=1S/C20H20N2O4/c1-25-16-11-15-10-14(20(24)22-18(15)17(12-16)26-2)8-9-21-19(23)13-6-4-3-5-7-13/h3-7,10-12H,8-9H2,1-2H3,(H,21,23)(H,22,24). The van der Waals surface area contributed by atoms with Gasteiger partial charge in [0.25, 0.3) is 11.5 Å². The van der Waals surface area contributed by atoms with Crippen LogP contribution in [0.25, 0.3) is 10.9 Å². The van der Waals surface area contributed by atoms with Gasteiger partial charge in [-0.3, -0.25) is 9.59 Å². The predicted octanol–water partition coefficient (Wildman–Crippen LogP) is 2.52. The van der Waals surface area contributed by atoms with Crippen LogP contribution in [0.2, 0.25) is 0 Å². The normalized spacial score (nSPS) is 10.5. The molecule has 3 aromatic rings. The van der Waals surface area contributed by atoms with Crippen molar-refractivity contribution in [3.05, 3.63) is 70.0 Å². The lowest BCUT2D eigenvalue weighted by Crippen LogP contribution is -2.27. The van der Waals surface area contributed by atoms with Crippen LogP contribution >= 0.6 is 0 Å². The molecule has 0 unspecified atom stereocenters. The van der Waals surface area contributed by atoms with E-state index in [1.165, 1.54) is 0 Å². The Kier molecular flexibility index (Phi) is 5.22. The lowest BCUT2D eigenvalue weighted by Gasteiger charge is -2.10. The van der Waals surface area contributed by atoms with Crippen molar-refractivity contribution in [3.8, 4) is 11.5 Å². The molecule has 0 aliphatic carbocycles. The first-order chi connectivity index (χ1) is 12.6. The molecule has 0 saturated heterocycles. The summed E-state index contributed by atoms with van der Waals surface area (Å²) in [5.74, 6) is 1.02. The average Bonchev–Trinajstić information content (AvgIpc) is 2.68. The summed E-state index contributed by atoms with van der Waals surface area (Å²) in [5, 5.41) is 3.64. The predicted molar refractivity (Wildman–Crippen MR) is 100 cm³/mol. The number of hydrogen-bond donors (Lipinski definition) is 2. The molecule has 0 spiro atoms. The third-order valence-corrected chi connectivity index (χ3v) is 4.14. The van der Waals surface area contributed by atoms with Gasteiger partial charge in [-0.1, -0.05) is 18.2 Å². The quantitative estimate of drug-likeness (QED) is 0.714. The fraction of sp³-hybridized carbons (Fsp3) is 0.200. The Morgan fingerprint density at radius 1 is 1.08 bits per heavy atom. The zero-order valence-corrected chi connectivity index (χ0v) is 14.7. The number of hydrogen-bond acceptors (Lipinski definition) is 4. The number of H-pyrrole nitrogens is 1. The highest BCUT2D eigenvalue weighted by Crippen LogP contribution is 2.29. The van der Waals surface area contributed by atoms with Gasteiger partial charge in [0.05, 0.1) is 19.7 Å². The van der Waals surface area contributed by atoms with E-state index in [4.69, 9.17) is 9.47 Å². The van der Waals surface area contributed by atoms with Gasteiger partial charge in [-0.2, -0.15) is 0 Å². The summed E-state index contributed by atoms with van der Waals surface area (Å²) in [6.07, 6.45) is 0.420. The molecule has 1 heterocycles. The summed E-state index contributed by atoms with van der Waals surface area (Å²) < 4.78 is 10.6. The number of rotatable bonds is 6. The molecule has 6 nitrogen and oxygen atoms in total. The SMILES string of the molecule is COc1cc(OC)c2[nH]c(=O)c(CCNC(=O)c3ccccc3)cc2c1. The van der Waals surface area contributed by atoms with Crippen molar-refractivity contribution in [2.75, 3.05) is 20.8 Å². The van der Waals surface area contributed by atoms with Crippen LogP contribution in [0, 0.1) is 0 Å². The molecule has 6 heteroatoms. The van der Waals surface area contributed by atoms with Crippen LogP contribution in [0.5, 0.6) is 11.5 Å². The molecule has 2 N–H and O–H groups in total. The lowest BCUT2D eigenvalue weighted by atomic mass is 10.1. The highest BCUT2D eigenvalue weighted by Gasteiger charge is 2.10. The zero-order valence-electron chi connectivity index (χ0n) is 14.7. The van der Waals surface area contributed by atoms with Gasteiger partial charge >= 0.3 is 0 Å². The summed E-state index contributed by atoms with van der Waals surface area (Å²) in [6, 6.07) is 14.3. The number of amides is 1. The highest BCUT2D eigenvalue weighted by molar-refractivity contribution is 5.94. The molecule has 1 amide bonds. The summed E-state index contributed by atoms with van der Waals surface area (Å²) in [5.41, 5.74) is 1.60. The van der Waals surface area contributed by atoms with Crippen LogP contribution < -0.4 is 20.3 Å². The van der Waals surface area contributed by atoms with Crippen molar-refractivity contribution >= 4 is 16.8 Å². The van der Waals surface area contributed by atoms with Gasteiger partial charge in [0.1, 0.15) is 11.5 Å². The maximum absolute atomic E-state index is 12.3. The number of aromatic amines is 1. The minimum absolute atomic E-state index is 0.161. The first kappa shape index (κ1) is 17.5. The molecule has 0 fully saturated rings. The van der Waals surface area contributed by atoms with Crippen molar-refractivity contribution in [2.24, 2.45) is 0 Å². The van der Waals surface area contributed by atoms with Gasteiger partial charge in [0.2, 0.25) is 0 Å². The van der Waals surface area contributed by atoms with E-state index < -0.39 is 0 Å². The van der Waals surface area contributed by atoms with Gasteiger partial charge < -0.3 is 19.8 Å². The lowest BCUT2D eigenvalue weighted by molar-refractivity contribution is 0.0954. The Bertz CT molecular complexity index is 980. The van der Waals surface area contributed by atoms with E-state index >= 15 is 0 Å². The molecule has 0 atom stereocenters. The second-order valence-electron chi connectivity index (χ2n) is 5.79. The monoisotopic (exact) mass is 352 g/mol. The molecule has 0 aliphatic rings. The van der Waals surface area contributed by atoms with E-state index in [-0.39, 0.29) is 11.5 Å². The maximum Gasteiger partial charge on any atom is 0.251 e. The van der Waals surface area contributed by atoms with Crippen LogP contribution in [0.1, 0.15) is 15.9 Å². The molecule has 0 saturated carbocycles. The molecular formula is C20H20N2O4. The van der Waals surface area contributed by atoms with Crippen molar-refractivity contribution in [2.45, 2.75) is 6.42 Å².